The van der Waals surface area contributed by atoms with Gasteiger partial charge in [-0.05, 0) is 12.8 Å². The largest absolute Gasteiger partial charge is 0.396 e. The first-order valence-corrected chi connectivity index (χ1v) is 9.74. The zero-order valence-electron chi connectivity index (χ0n) is 16.3. The van der Waals surface area contributed by atoms with Crippen LogP contribution in [0.1, 0.15) is 12.8 Å². The number of anilines is 3. The van der Waals surface area contributed by atoms with Gasteiger partial charge in [-0.25, -0.2) is 9.37 Å². The van der Waals surface area contributed by atoms with Crippen LogP contribution in [0.25, 0.3) is 0 Å². The number of hydrogen-bond donors (Lipinski definition) is 3. The van der Waals surface area contributed by atoms with Crippen molar-refractivity contribution >= 4 is 23.4 Å². The van der Waals surface area contributed by atoms with Crippen LogP contribution in [0.5, 0.6) is 0 Å². The lowest BCUT2D eigenvalue weighted by Gasteiger charge is -2.23. The Balaban J connectivity index is 1.35. The van der Waals surface area contributed by atoms with Crippen LogP contribution in [0.15, 0.2) is 18.6 Å². The molecule has 156 valence electrons. The zero-order valence-corrected chi connectivity index (χ0v) is 16.3. The highest BCUT2D eigenvalue weighted by atomic mass is 19.1. The minimum Gasteiger partial charge on any atom is -0.396 e. The molecule has 1 amide bonds. The van der Waals surface area contributed by atoms with Crippen molar-refractivity contribution in [2.75, 3.05) is 29.9 Å². The number of hydrogen-bond acceptors (Lipinski definition) is 8. The zero-order chi connectivity index (χ0) is 21.1. The van der Waals surface area contributed by atoms with Crippen molar-refractivity contribution in [1.82, 2.24) is 25.1 Å². The summed E-state index contributed by atoms with van der Waals surface area (Å²) in [5.41, 5.74) is -0.490. The van der Waals surface area contributed by atoms with E-state index >= 15 is 0 Å². The SMILES string of the molecule is Cn1cc(Nc2ncc(F)c(N3C[C@@]4(CO)C[C@@]4(NC(=O)C4C[C@H]4C#N)C3)n2)cn1. The Morgan fingerprint density at radius 2 is 2.30 bits per heavy atom. The molecule has 2 aromatic rings. The van der Waals surface area contributed by atoms with Crippen LogP contribution in [-0.2, 0) is 11.8 Å². The summed E-state index contributed by atoms with van der Waals surface area (Å²) in [5.74, 6) is -0.921. The van der Waals surface area contributed by atoms with Crippen LogP contribution in [0.3, 0.4) is 0 Å². The molecule has 1 aliphatic heterocycles. The van der Waals surface area contributed by atoms with E-state index in [4.69, 9.17) is 5.26 Å². The fourth-order valence-electron chi connectivity index (χ4n) is 4.55. The van der Waals surface area contributed by atoms with E-state index in [0.717, 1.165) is 6.20 Å². The first-order valence-electron chi connectivity index (χ1n) is 9.74. The molecule has 1 unspecified atom stereocenters. The Hall–Kier alpha value is -3.26. The Bertz CT molecular complexity index is 1070. The quantitative estimate of drug-likeness (QED) is 0.618. The first-order chi connectivity index (χ1) is 14.4. The number of nitriles is 1. The van der Waals surface area contributed by atoms with Gasteiger partial charge in [0.2, 0.25) is 11.9 Å². The van der Waals surface area contributed by atoms with Crippen LogP contribution in [-0.4, -0.2) is 56.0 Å². The molecule has 5 rings (SSSR count). The minimum atomic E-state index is -0.629. The van der Waals surface area contributed by atoms with E-state index in [2.05, 4.69) is 31.8 Å². The molecule has 4 atom stereocenters. The third-order valence-electron chi connectivity index (χ3n) is 6.43. The third-order valence-corrected chi connectivity index (χ3v) is 6.43. The molecule has 0 bridgehead atoms. The molecular weight excluding hydrogens is 391 g/mol. The lowest BCUT2D eigenvalue weighted by molar-refractivity contribution is -0.123. The number of carbonyl (C=O) groups is 1. The molecule has 0 aromatic carbocycles. The Kier molecular flexibility index (Phi) is 3.98. The normalized spacial score (nSPS) is 31.1. The van der Waals surface area contributed by atoms with Gasteiger partial charge in [-0.15, -0.1) is 0 Å². The predicted molar refractivity (Wildman–Crippen MR) is 103 cm³/mol. The highest BCUT2D eigenvalue weighted by molar-refractivity contribution is 5.84. The molecule has 30 heavy (non-hydrogen) atoms. The number of carbonyl (C=O) groups excluding carboxylic acids is 1. The van der Waals surface area contributed by atoms with Crippen LogP contribution in [0, 0.1) is 34.4 Å². The Labute approximate surface area is 171 Å². The second-order valence-corrected chi connectivity index (χ2v) is 8.51. The average molecular weight is 412 g/mol. The number of amides is 1. The average Bonchev–Trinajstić information content (AvgIpc) is 3.56. The molecule has 3 aliphatic rings. The van der Waals surface area contributed by atoms with Crippen LogP contribution >= 0.6 is 0 Å². The lowest BCUT2D eigenvalue weighted by Crippen LogP contribution is -2.45. The topological polar surface area (TPSA) is 132 Å². The first kappa shape index (κ1) is 18.7. The summed E-state index contributed by atoms with van der Waals surface area (Å²) in [5, 5.41) is 29.1. The summed E-state index contributed by atoms with van der Waals surface area (Å²) >= 11 is 0. The molecule has 2 saturated carbocycles. The summed E-state index contributed by atoms with van der Waals surface area (Å²) in [6.45, 7) is 0.587. The molecule has 3 N–H and O–H groups in total. The molecule has 3 fully saturated rings. The van der Waals surface area contributed by atoms with Gasteiger partial charge in [-0.1, -0.05) is 0 Å². The molecule has 2 aliphatic carbocycles. The smallest absolute Gasteiger partial charge is 0.229 e. The van der Waals surface area contributed by atoms with E-state index in [9.17, 15) is 14.3 Å². The van der Waals surface area contributed by atoms with E-state index in [1.54, 1.807) is 29.0 Å². The highest BCUT2D eigenvalue weighted by Gasteiger charge is 2.73. The Morgan fingerprint density at radius 3 is 2.97 bits per heavy atom. The van der Waals surface area contributed by atoms with Crippen LogP contribution in [0.2, 0.25) is 0 Å². The maximum Gasteiger partial charge on any atom is 0.229 e. The van der Waals surface area contributed by atoms with Crippen molar-refractivity contribution in [3.63, 3.8) is 0 Å². The van der Waals surface area contributed by atoms with Crippen molar-refractivity contribution in [1.29, 1.82) is 5.26 Å². The van der Waals surface area contributed by atoms with Crippen molar-refractivity contribution in [2.24, 2.45) is 24.3 Å². The van der Waals surface area contributed by atoms with Gasteiger partial charge in [0, 0.05) is 31.7 Å². The number of aliphatic hydroxyl groups is 1. The maximum absolute atomic E-state index is 14.6. The number of nitrogens with one attached hydrogen (secondary N) is 2. The minimum absolute atomic E-state index is 0.117. The summed E-state index contributed by atoms with van der Waals surface area (Å²) in [7, 11) is 1.78. The number of piperidine rings is 1. The third kappa shape index (κ3) is 2.87. The van der Waals surface area contributed by atoms with Crippen molar-refractivity contribution in [2.45, 2.75) is 18.4 Å². The van der Waals surface area contributed by atoms with Gasteiger partial charge in [0.25, 0.3) is 0 Å². The summed E-state index contributed by atoms with van der Waals surface area (Å²) < 4.78 is 16.2. The van der Waals surface area contributed by atoms with Gasteiger partial charge < -0.3 is 20.6 Å². The number of aliphatic hydroxyl groups excluding tert-OH is 1. The number of halogens is 1. The maximum atomic E-state index is 14.6. The molecular formula is C19H21FN8O2. The fraction of sp³-hybridized carbons (Fsp3) is 0.526. The molecule has 11 heteroatoms. The molecule has 0 spiro atoms. The summed E-state index contributed by atoms with van der Waals surface area (Å²) in [6, 6.07) is 2.11. The highest BCUT2D eigenvalue weighted by Crippen LogP contribution is 2.61. The van der Waals surface area contributed by atoms with E-state index in [-0.39, 0.29) is 36.1 Å². The number of aryl methyl sites for hydroxylation is 1. The fourth-order valence-corrected chi connectivity index (χ4v) is 4.55. The van der Waals surface area contributed by atoms with E-state index < -0.39 is 16.8 Å². The molecule has 2 aromatic heterocycles. The number of nitrogens with zero attached hydrogens (tertiary/aromatic N) is 6. The van der Waals surface area contributed by atoms with Gasteiger partial charge in [0.1, 0.15) is 0 Å². The predicted octanol–water partition coefficient (Wildman–Crippen LogP) is 0.310. The van der Waals surface area contributed by atoms with E-state index in [1.165, 1.54) is 0 Å². The summed E-state index contributed by atoms with van der Waals surface area (Å²) in [4.78, 5) is 22.5. The van der Waals surface area contributed by atoms with Gasteiger partial charge in [0.15, 0.2) is 11.6 Å². The monoisotopic (exact) mass is 412 g/mol. The van der Waals surface area contributed by atoms with Gasteiger partial charge in [-0.3, -0.25) is 9.48 Å². The van der Waals surface area contributed by atoms with Gasteiger partial charge >= 0.3 is 0 Å². The van der Waals surface area contributed by atoms with Crippen LogP contribution in [0.4, 0.5) is 21.8 Å². The van der Waals surface area contributed by atoms with Crippen molar-refractivity contribution in [3.05, 3.63) is 24.4 Å². The van der Waals surface area contributed by atoms with Gasteiger partial charge in [0.05, 0.1) is 48.1 Å². The second-order valence-electron chi connectivity index (χ2n) is 8.51. The lowest BCUT2D eigenvalue weighted by atomic mass is 10.0. The van der Waals surface area contributed by atoms with E-state index in [0.29, 0.717) is 31.6 Å². The second kappa shape index (κ2) is 6.37. The molecule has 3 heterocycles. The standard InChI is InChI=1S/C19H21FN8O2/c1-27-6-12(4-23-27)24-17-22-5-14(20)15(25-17)28-8-18(10-29)7-19(18,9-28)26-16(30)13-2-11(13)3-21/h4-6,11,13,29H,2,7-10H2,1H3,(H,26,30)(H,22,24,25)/t11-,13?,18+,19+/m0/s1. The summed E-state index contributed by atoms with van der Waals surface area (Å²) in [6.07, 6.45) is 5.64. The van der Waals surface area contributed by atoms with Crippen molar-refractivity contribution < 1.29 is 14.3 Å². The molecule has 10 nitrogen and oxygen atoms in total. The number of aromatic nitrogens is 4. The number of fused-ring (bicyclic) bond motifs is 1. The number of rotatable bonds is 6. The Morgan fingerprint density at radius 1 is 1.47 bits per heavy atom. The van der Waals surface area contributed by atoms with Crippen LogP contribution < -0.4 is 15.5 Å². The molecule has 0 radical (unpaired) electrons. The van der Waals surface area contributed by atoms with Gasteiger partial charge in [-0.2, -0.15) is 15.3 Å². The molecule has 1 saturated heterocycles. The van der Waals surface area contributed by atoms with E-state index in [1.807, 2.05) is 0 Å². The van der Waals surface area contributed by atoms with Crippen molar-refractivity contribution in [3.8, 4) is 6.07 Å².